The molecule has 1 heterocycles. The van der Waals surface area contributed by atoms with E-state index < -0.39 is 11.0 Å². The smallest absolute Gasteiger partial charge is 0.409 e. The monoisotopic (exact) mass is 346 g/mol. The van der Waals surface area contributed by atoms with Gasteiger partial charge in [-0.1, -0.05) is 11.3 Å². The van der Waals surface area contributed by atoms with E-state index in [2.05, 4.69) is 4.98 Å². The van der Waals surface area contributed by atoms with Gasteiger partial charge in [0.1, 0.15) is 11.5 Å². The van der Waals surface area contributed by atoms with Crippen molar-refractivity contribution < 1.29 is 19.6 Å². The number of carbonyl (C=O) groups excluding carboxylic acids is 1. The molecule has 0 aliphatic rings. The van der Waals surface area contributed by atoms with Gasteiger partial charge in [-0.2, -0.15) is 0 Å². The van der Waals surface area contributed by atoms with Crippen LogP contribution in [0.15, 0.2) is 30.3 Å². The average Bonchev–Trinajstić information content (AvgIpc) is 2.86. The minimum absolute atomic E-state index is 0.00608. The number of nitro benzene ring substituents is 1. The molecule has 5 N–H and O–H groups in total. The van der Waals surface area contributed by atoms with Gasteiger partial charge >= 0.3 is 6.09 Å². The molecule has 0 saturated heterocycles. The molecular formula is C14H10N4O5S. The third kappa shape index (κ3) is 2.77. The van der Waals surface area contributed by atoms with Crippen LogP contribution in [-0.4, -0.2) is 21.1 Å². The zero-order valence-corrected chi connectivity index (χ0v) is 12.7. The Bertz CT molecular complexity index is 985. The molecule has 2 aromatic carbocycles. The first-order valence-electron chi connectivity index (χ1n) is 6.50. The molecule has 0 fully saturated rings. The number of nitro groups is 1. The van der Waals surface area contributed by atoms with Crippen LogP contribution in [0.5, 0.6) is 11.5 Å². The van der Waals surface area contributed by atoms with Crippen LogP contribution in [0.4, 0.5) is 15.6 Å². The van der Waals surface area contributed by atoms with Gasteiger partial charge in [0.05, 0.1) is 15.1 Å². The molecule has 0 atom stereocenters. The van der Waals surface area contributed by atoms with Crippen molar-refractivity contribution in [1.29, 1.82) is 0 Å². The second-order valence-electron chi connectivity index (χ2n) is 4.75. The molecule has 3 rings (SSSR count). The Morgan fingerprint density at radius 3 is 2.71 bits per heavy atom. The third-order valence-electron chi connectivity index (χ3n) is 3.17. The number of hydrogen-bond acceptors (Lipinski definition) is 8. The van der Waals surface area contributed by atoms with E-state index in [0.29, 0.717) is 15.8 Å². The molecule has 3 aromatic rings. The van der Waals surface area contributed by atoms with E-state index in [1.54, 1.807) is 0 Å². The summed E-state index contributed by atoms with van der Waals surface area (Å²) < 4.78 is 5.49. The fourth-order valence-electron chi connectivity index (χ4n) is 2.28. The molecule has 0 radical (unpaired) electrons. The number of ether oxygens (including phenoxy) is 1. The molecule has 0 aliphatic carbocycles. The molecule has 24 heavy (non-hydrogen) atoms. The summed E-state index contributed by atoms with van der Waals surface area (Å²) in [4.78, 5) is 25.7. The summed E-state index contributed by atoms with van der Waals surface area (Å²) in [5.41, 5.74) is 11.5. The van der Waals surface area contributed by atoms with E-state index in [0.717, 1.165) is 11.3 Å². The largest absolute Gasteiger partial charge is 0.508 e. The number of nitrogen functional groups attached to an aromatic ring is 1. The molecule has 1 amide bonds. The molecule has 0 aliphatic heterocycles. The van der Waals surface area contributed by atoms with Crippen LogP contribution in [0.25, 0.3) is 21.3 Å². The number of fused-ring (bicyclic) bond motifs is 1. The molecule has 9 nitrogen and oxygen atoms in total. The number of phenols is 1. The van der Waals surface area contributed by atoms with Crippen molar-refractivity contribution >= 4 is 38.5 Å². The highest BCUT2D eigenvalue weighted by atomic mass is 32.1. The predicted octanol–water partition coefficient (Wildman–Crippen LogP) is 2.62. The Kier molecular flexibility index (Phi) is 3.66. The predicted molar refractivity (Wildman–Crippen MR) is 88.0 cm³/mol. The van der Waals surface area contributed by atoms with Crippen molar-refractivity contribution in [2.24, 2.45) is 5.73 Å². The molecule has 0 bridgehead atoms. The zero-order valence-electron chi connectivity index (χ0n) is 11.9. The van der Waals surface area contributed by atoms with Crippen molar-refractivity contribution in [3.63, 3.8) is 0 Å². The van der Waals surface area contributed by atoms with Crippen LogP contribution in [0.3, 0.4) is 0 Å². The van der Waals surface area contributed by atoms with Gasteiger partial charge < -0.3 is 21.3 Å². The number of hydrogen-bond donors (Lipinski definition) is 3. The fraction of sp³-hybridized carbons (Fsp3) is 0. The second-order valence-corrected chi connectivity index (χ2v) is 5.81. The third-order valence-corrected chi connectivity index (χ3v) is 4.00. The van der Waals surface area contributed by atoms with Crippen LogP contribution in [0, 0.1) is 10.1 Å². The number of rotatable bonds is 3. The summed E-state index contributed by atoms with van der Waals surface area (Å²) in [7, 11) is 0. The van der Waals surface area contributed by atoms with E-state index in [9.17, 15) is 20.0 Å². The first kappa shape index (κ1) is 15.5. The van der Waals surface area contributed by atoms with Gasteiger partial charge in [-0.3, -0.25) is 10.1 Å². The first-order valence-corrected chi connectivity index (χ1v) is 7.32. The first-order chi connectivity index (χ1) is 11.3. The van der Waals surface area contributed by atoms with Gasteiger partial charge in [-0.05, 0) is 18.2 Å². The lowest BCUT2D eigenvalue weighted by Gasteiger charge is -2.10. The maximum absolute atomic E-state index is 11.1. The van der Waals surface area contributed by atoms with Crippen molar-refractivity contribution in [2.45, 2.75) is 0 Å². The average molecular weight is 346 g/mol. The Labute approximate surface area is 138 Å². The maximum Gasteiger partial charge on any atom is 0.409 e. The summed E-state index contributed by atoms with van der Waals surface area (Å²) in [5, 5.41) is 21.2. The number of anilines is 1. The van der Waals surface area contributed by atoms with E-state index in [1.807, 2.05) is 0 Å². The van der Waals surface area contributed by atoms with Gasteiger partial charge in [0.25, 0.3) is 5.69 Å². The zero-order chi connectivity index (χ0) is 17.4. The van der Waals surface area contributed by atoms with Gasteiger partial charge in [-0.25, -0.2) is 9.78 Å². The summed E-state index contributed by atoms with van der Waals surface area (Å²) >= 11 is 1.15. The summed E-state index contributed by atoms with van der Waals surface area (Å²) in [5.74, 6) is -0.0794. The van der Waals surface area contributed by atoms with Crippen molar-refractivity contribution in [2.75, 3.05) is 5.73 Å². The minimum atomic E-state index is -1.07. The van der Waals surface area contributed by atoms with Crippen LogP contribution in [0.2, 0.25) is 0 Å². The number of carbonyl (C=O) groups is 1. The molecule has 122 valence electrons. The lowest BCUT2D eigenvalue weighted by molar-refractivity contribution is -0.384. The number of nitrogens with zero attached hydrogens (tertiary/aromatic N) is 2. The highest BCUT2D eigenvalue weighted by molar-refractivity contribution is 7.22. The van der Waals surface area contributed by atoms with E-state index in [1.165, 1.54) is 30.3 Å². The molecule has 0 saturated carbocycles. The Balaban J connectivity index is 2.32. The number of primary amides is 1. The Morgan fingerprint density at radius 1 is 1.29 bits per heavy atom. The van der Waals surface area contributed by atoms with E-state index in [-0.39, 0.29) is 27.9 Å². The molecule has 0 unspecified atom stereocenters. The summed E-state index contributed by atoms with van der Waals surface area (Å²) in [6.07, 6.45) is -1.07. The van der Waals surface area contributed by atoms with Crippen LogP contribution < -0.4 is 16.2 Å². The summed E-state index contributed by atoms with van der Waals surface area (Å²) in [6, 6.07) is 6.47. The number of nitrogens with two attached hydrogens (primary N) is 2. The van der Waals surface area contributed by atoms with Gasteiger partial charge in [0.15, 0.2) is 5.13 Å². The fourth-order valence-corrected chi connectivity index (χ4v) is 3.07. The Hall–Kier alpha value is -3.40. The quantitative estimate of drug-likeness (QED) is 0.486. The lowest BCUT2D eigenvalue weighted by atomic mass is 10.0. The van der Waals surface area contributed by atoms with Crippen LogP contribution in [-0.2, 0) is 0 Å². The molecular weight excluding hydrogens is 336 g/mol. The highest BCUT2D eigenvalue weighted by Gasteiger charge is 2.19. The molecule has 10 heteroatoms. The number of amides is 1. The van der Waals surface area contributed by atoms with E-state index in [4.69, 9.17) is 16.2 Å². The van der Waals surface area contributed by atoms with Crippen LogP contribution >= 0.6 is 11.3 Å². The van der Waals surface area contributed by atoms with Gasteiger partial charge in [0, 0.05) is 23.3 Å². The minimum Gasteiger partial charge on any atom is -0.508 e. The van der Waals surface area contributed by atoms with Crippen LogP contribution in [0.1, 0.15) is 0 Å². The molecule has 0 spiro atoms. The van der Waals surface area contributed by atoms with Gasteiger partial charge in [0.2, 0.25) is 0 Å². The van der Waals surface area contributed by atoms with Crippen molar-refractivity contribution in [3.05, 3.63) is 40.4 Å². The SMILES string of the molecule is NC(=O)Oc1ccc([N+](=O)[O-])cc1-c1cc(O)cc2sc(N)nc12. The summed E-state index contributed by atoms with van der Waals surface area (Å²) in [6.45, 7) is 0. The van der Waals surface area contributed by atoms with Gasteiger partial charge in [-0.15, -0.1) is 0 Å². The maximum atomic E-state index is 11.1. The Morgan fingerprint density at radius 2 is 2.04 bits per heavy atom. The topological polar surface area (TPSA) is 155 Å². The normalized spacial score (nSPS) is 10.7. The number of aromatic hydroxyl groups is 1. The standard InChI is InChI=1S/C14H10N4O5S/c15-13-17-12-9(4-7(19)5-11(12)24-13)8-3-6(18(21)22)1-2-10(8)23-14(16)20/h1-5,19H,(H2,15,17)(H2,16,20). The number of phenolic OH excluding ortho intramolecular Hbond substituents is 1. The second kappa shape index (κ2) is 5.66. The van der Waals surface area contributed by atoms with E-state index >= 15 is 0 Å². The number of benzene rings is 2. The number of thiazole rings is 1. The molecule has 1 aromatic heterocycles. The number of non-ortho nitro benzene ring substituents is 1. The highest BCUT2D eigenvalue weighted by Crippen LogP contribution is 2.41. The lowest BCUT2D eigenvalue weighted by Crippen LogP contribution is -2.16. The number of aromatic nitrogens is 1. The van der Waals surface area contributed by atoms with Crippen molar-refractivity contribution in [3.8, 4) is 22.6 Å². The van der Waals surface area contributed by atoms with Crippen molar-refractivity contribution in [1.82, 2.24) is 4.98 Å².